The Balaban J connectivity index is 2.99. The summed E-state index contributed by atoms with van der Waals surface area (Å²) in [7, 11) is 1.45. The van der Waals surface area contributed by atoms with Crippen LogP contribution in [0.3, 0.4) is 0 Å². The van der Waals surface area contributed by atoms with E-state index in [4.69, 9.17) is 10.7 Å². The van der Waals surface area contributed by atoms with E-state index in [0.717, 1.165) is 12.8 Å². The second-order valence-corrected chi connectivity index (χ2v) is 8.31. The Morgan fingerprint density at radius 3 is 2.38 bits per heavy atom. The maximum Gasteiger partial charge on any atom is 0.262 e. The van der Waals surface area contributed by atoms with Crippen molar-refractivity contribution in [1.82, 2.24) is 5.32 Å². The zero-order valence-corrected chi connectivity index (χ0v) is 15.3. The molecule has 0 aliphatic carbocycles. The first-order valence-corrected chi connectivity index (χ1v) is 9.86. The van der Waals surface area contributed by atoms with Crippen LogP contribution in [0.5, 0.6) is 0 Å². The second kappa shape index (κ2) is 7.61. The molecule has 118 valence electrons. The van der Waals surface area contributed by atoms with E-state index in [1.54, 1.807) is 6.07 Å². The van der Waals surface area contributed by atoms with Gasteiger partial charge in [0.15, 0.2) is 0 Å². The molecule has 1 unspecified atom stereocenters. The first-order valence-electron chi connectivity index (χ1n) is 6.75. The summed E-state index contributed by atoms with van der Waals surface area (Å²) in [6.07, 6.45) is 1.94. The molecule has 1 N–H and O–H groups in total. The molecule has 7 heteroatoms. The van der Waals surface area contributed by atoms with Crippen molar-refractivity contribution in [2.24, 2.45) is 5.92 Å². The Bertz CT molecular complexity index is 615. The number of rotatable bonds is 6. The topological polar surface area (TPSA) is 63.2 Å². The molecule has 1 rings (SSSR count). The van der Waals surface area contributed by atoms with E-state index in [9.17, 15) is 13.2 Å². The maximum absolute atomic E-state index is 12.2. The molecule has 0 aliphatic heterocycles. The molecule has 0 bridgehead atoms. The molecule has 0 spiro atoms. The van der Waals surface area contributed by atoms with Crippen LogP contribution in [0.4, 0.5) is 0 Å². The summed E-state index contributed by atoms with van der Waals surface area (Å²) < 4.78 is 23.2. The molecule has 21 heavy (non-hydrogen) atoms. The Morgan fingerprint density at radius 1 is 1.33 bits per heavy atom. The van der Waals surface area contributed by atoms with Crippen LogP contribution in [0.15, 0.2) is 27.6 Å². The molecule has 1 amide bonds. The van der Waals surface area contributed by atoms with Gasteiger partial charge in [0, 0.05) is 26.8 Å². The van der Waals surface area contributed by atoms with E-state index in [2.05, 4.69) is 35.1 Å². The van der Waals surface area contributed by atoms with Crippen molar-refractivity contribution in [2.45, 2.75) is 44.6 Å². The van der Waals surface area contributed by atoms with Crippen LogP contribution in [0.2, 0.25) is 0 Å². The normalized spacial score (nSPS) is 13.2. The lowest BCUT2D eigenvalue weighted by Gasteiger charge is -2.22. The summed E-state index contributed by atoms with van der Waals surface area (Å²) in [4.78, 5) is 12.1. The van der Waals surface area contributed by atoms with E-state index >= 15 is 0 Å². The van der Waals surface area contributed by atoms with Crippen LogP contribution >= 0.6 is 26.6 Å². The van der Waals surface area contributed by atoms with E-state index in [1.807, 2.05) is 6.92 Å². The number of hydrogen-bond donors (Lipinski definition) is 1. The van der Waals surface area contributed by atoms with Gasteiger partial charge in [0.25, 0.3) is 15.0 Å². The van der Waals surface area contributed by atoms with Gasteiger partial charge in [0.05, 0.1) is 4.90 Å². The van der Waals surface area contributed by atoms with E-state index in [1.165, 1.54) is 12.1 Å². The van der Waals surface area contributed by atoms with Gasteiger partial charge in [-0.3, -0.25) is 4.79 Å². The maximum atomic E-state index is 12.2. The number of hydrogen-bond acceptors (Lipinski definition) is 3. The van der Waals surface area contributed by atoms with Crippen LogP contribution in [0.25, 0.3) is 0 Å². The molecule has 1 aromatic rings. The highest BCUT2D eigenvalue weighted by Crippen LogP contribution is 2.26. The molecular weight excluding hydrogens is 378 g/mol. The third-order valence-electron chi connectivity index (χ3n) is 3.57. The molecule has 1 aromatic carbocycles. The van der Waals surface area contributed by atoms with Crippen molar-refractivity contribution in [3.63, 3.8) is 0 Å². The SMILES string of the molecule is CCC(CC)C(C)NC(=O)c1ccc(Br)c(S(=O)(=O)Cl)c1. The molecule has 0 aromatic heterocycles. The lowest BCUT2D eigenvalue weighted by atomic mass is 9.95. The van der Waals surface area contributed by atoms with E-state index in [-0.39, 0.29) is 22.4 Å². The molecule has 4 nitrogen and oxygen atoms in total. The van der Waals surface area contributed by atoms with Crippen LogP contribution in [0, 0.1) is 5.92 Å². The van der Waals surface area contributed by atoms with Gasteiger partial charge in [-0.25, -0.2) is 8.42 Å². The first-order chi connectivity index (χ1) is 9.70. The van der Waals surface area contributed by atoms with Gasteiger partial charge in [0.1, 0.15) is 0 Å². The number of amides is 1. The van der Waals surface area contributed by atoms with Gasteiger partial charge >= 0.3 is 0 Å². The smallest absolute Gasteiger partial charge is 0.262 e. The fourth-order valence-corrected chi connectivity index (χ4v) is 4.35. The highest BCUT2D eigenvalue weighted by Gasteiger charge is 2.20. The van der Waals surface area contributed by atoms with Crippen LogP contribution in [0.1, 0.15) is 44.0 Å². The number of carbonyl (C=O) groups excluding carboxylic acids is 1. The van der Waals surface area contributed by atoms with E-state index in [0.29, 0.717) is 10.4 Å². The molecule has 0 radical (unpaired) electrons. The predicted octanol–water partition coefficient (Wildman–Crippen LogP) is 3.93. The van der Waals surface area contributed by atoms with Crippen LogP contribution in [-0.2, 0) is 9.05 Å². The van der Waals surface area contributed by atoms with Crippen LogP contribution < -0.4 is 5.32 Å². The molecule has 0 fully saturated rings. The van der Waals surface area contributed by atoms with Crippen molar-refractivity contribution in [3.05, 3.63) is 28.2 Å². The number of halogens is 2. The number of benzene rings is 1. The van der Waals surface area contributed by atoms with Crippen molar-refractivity contribution in [1.29, 1.82) is 0 Å². The molecular formula is C14H19BrClNO3S. The number of carbonyl (C=O) groups is 1. The summed E-state index contributed by atoms with van der Waals surface area (Å²) in [6, 6.07) is 4.37. The Labute approximate surface area is 138 Å². The minimum absolute atomic E-state index is 0.0206. The standard InChI is InChI=1S/C14H19BrClNO3S/c1-4-10(5-2)9(3)17-14(18)11-6-7-12(15)13(8-11)21(16,19)20/h6-10H,4-5H2,1-3H3,(H,17,18). The highest BCUT2D eigenvalue weighted by atomic mass is 79.9. The quantitative estimate of drug-likeness (QED) is 0.741. The van der Waals surface area contributed by atoms with Crippen molar-refractivity contribution >= 4 is 41.6 Å². The third-order valence-corrected chi connectivity index (χ3v) is 5.89. The Hall–Kier alpha value is -0.590. The summed E-state index contributed by atoms with van der Waals surface area (Å²) in [6.45, 7) is 6.11. The van der Waals surface area contributed by atoms with Gasteiger partial charge in [-0.2, -0.15) is 0 Å². The summed E-state index contributed by atoms with van der Waals surface area (Å²) in [5, 5.41) is 2.90. The number of nitrogens with one attached hydrogen (secondary N) is 1. The third kappa shape index (κ3) is 4.97. The average Bonchev–Trinajstić information content (AvgIpc) is 2.39. The average molecular weight is 397 g/mol. The summed E-state index contributed by atoms with van der Waals surface area (Å²) in [5.74, 6) is 0.0871. The predicted molar refractivity (Wildman–Crippen MR) is 88.2 cm³/mol. The van der Waals surface area contributed by atoms with E-state index < -0.39 is 9.05 Å². The van der Waals surface area contributed by atoms with Crippen molar-refractivity contribution in [3.8, 4) is 0 Å². The lowest BCUT2D eigenvalue weighted by Crippen LogP contribution is -2.37. The fraction of sp³-hybridized carbons (Fsp3) is 0.500. The highest BCUT2D eigenvalue weighted by molar-refractivity contribution is 9.10. The first kappa shape index (κ1) is 18.5. The fourth-order valence-electron chi connectivity index (χ4n) is 2.24. The van der Waals surface area contributed by atoms with Gasteiger partial charge in [-0.15, -0.1) is 0 Å². The monoisotopic (exact) mass is 395 g/mol. The Kier molecular flexibility index (Phi) is 6.69. The minimum Gasteiger partial charge on any atom is -0.349 e. The zero-order valence-electron chi connectivity index (χ0n) is 12.2. The molecule has 1 atom stereocenters. The van der Waals surface area contributed by atoms with Crippen LogP contribution in [-0.4, -0.2) is 20.4 Å². The largest absolute Gasteiger partial charge is 0.349 e. The summed E-state index contributed by atoms with van der Waals surface area (Å²) >= 11 is 3.12. The van der Waals surface area contributed by atoms with Gasteiger partial charge in [-0.1, -0.05) is 26.7 Å². The van der Waals surface area contributed by atoms with Crippen molar-refractivity contribution in [2.75, 3.05) is 0 Å². The van der Waals surface area contributed by atoms with Gasteiger partial charge < -0.3 is 5.32 Å². The molecule has 0 saturated heterocycles. The van der Waals surface area contributed by atoms with Crippen molar-refractivity contribution < 1.29 is 13.2 Å². The minimum atomic E-state index is -3.90. The second-order valence-electron chi connectivity index (χ2n) is 4.92. The Morgan fingerprint density at radius 2 is 1.90 bits per heavy atom. The summed E-state index contributed by atoms with van der Waals surface area (Å²) in [5.41, 5.74) is 0.273. The molecule has 0 saturated carbocycles. The van der Waals surface area contributed by atoms with Gasteiger partial charge in [-0.05, 0) is 47.0 Å². The molecule has 0 aliphatic rings. The van der Waals surface area contributed by atoms with Gasteiger partial charge in [0.2, 0.25) is 0 Å². The molecule has 0 heterocycles. The lowest BCUT2D eigenvalue weighted by molar-refractivity contribution is 0.0925. The zero-order chi connectivity index (χ0) is 16.2.